The molecule has 27 heavy (non-hydrogen) atoms. The molecule has 2 aromatic rings. The predicted octanol–water partition coefficient (Wildman–Crippen LogP) is 0.630. The first-order valence-electron chi connectivity index (χ1n) is 7.64. The van der Waals surface area contributed by atoms with Crippen molar-refractivity contribution in [3.05, 3.63) is 66.0 Å². The van der Waals surface area contributed by atoms with Crippen LogP contribution in [-0.4, -0.2) is 37.5 Å². The zero-order chi connectivity index (χ0) is 20.1. The Morgan fingerprint density at radius 1 is 1.11 bits per heavy atom. The van der Waals surface area contributed by atoms with Crippen LogP contribution in [0.3, 0.4) is 0 Å². The van der Waals surface area contributed by atoms with Crippen molar-refractivity contribution >= 4 is 22.0 Å². The van der Waals surface area contributed by atoms with Gasteiger partial charge in [0.2, 0.25) is 15.6 Å². The van der Waals surface area contributed by atoms with Gasteiger partial charge in [0.05, 0.1) is 6.54 Å². The average Bonchev–Trinajstić information content (AvgIpc) is 2.65. The zero-order valence-electron chi connectivity index (χ0n) is 14.0. The molecule has 0 heterocycles. The molecule has 0 aliphatic carbocycles. The molecule has 2 aromatic carbocycles. The van der Waals surface area contributed by atoms with Crippen molar-refractivity contribution in [2.45, 2.75) is 17.0 Å². The lowest BCUT2D eigenvalue weighted by molar-refractivity contribution is -0.161. The van der Waals surface area contributed by atoms with Gasteiger partial charge >= 0.3 is 11.9 Å². The van der Waals surface area contributed by atoms with Crippen molar-refractivity contribution in [2.24, 2.45) is 5.73 Å². The van der Waals surface area contributed by atoms with Crippen LogP contribution in [0.4, 0.5) is 4.39 Å². The van der Waals surface area contributed by atoms with E-state index in [1.54, 1.807) is 30.3 Å². The van der Waals surface area contributed by atoms with Crippen LogP contribution in [0, 0.1) is 5.82 Å². The van der Waals surface area contributed by atoms with E-state index in [0.717, 1.165) is 12.1 Å². The number of sulfonamides is 1. The Balaban J connectivity index is 2.12. The van der Waals surface area contributed by atoms with Gasteiger partial charge in [0.25, 0.3) is 0 Å². The fraction of sp³-hybridized carbons (Fsp3) is 0.176. The van der Waals surface area contributed by atoms with E-state index in [1.807, 2.05) is 4.72 Å². The van der Waals surface area contributed by atoms with Crippen LogP contribution < -0.4 is 10.5 Å². The van der Waals surface area contributed by atoms with Gasteiger partial charge in [0, 0.05) is 0 Å². The molecule has 0 aliphatic rings. The molecule has 8 nitrogen and oxygen atoms in total. The topological polar surface area (TPSA) is 136 Å². The molecule has 0 spiro atoms. The molecule has 0 saturated heterocycles. The van der Waals surface area contributed by atoms with Crippen molar-refractivity contribution in [2.75, 3.05) is 6.54 Å². The molecule has 144 valence electrons. The lowest BCUT2D eigenvalue weighted by Crippen LogP contribution is -2.62. The fourth-order valence-electron chi connectivity index (χ4n) is 2.04. The Labute approximate surface area is 154 Å². The van der Waals surface area contributed by atoms with E-state index < -0.39 is 44.8 Å². The van der Waals surface area contributed by atoms with Crippen LogP contribution in [0.25, 0.3) is 0 Å². The highest BCUT2D eigenvalue weighted by Gasteiger charge is 2.45. The second-order valence-corrected chi connectivity index (χ2v) is 7.33. The van der Waals surface area contributed by atoms with Crippen LogP contribution in [-0.2, 0) is 31.0 Å². The Bertz CT molecular complexity index is 935. The number of carbonyl (C=O) groups is 2. The molecule has 0 amide bonds. The average molecular weight is 396 g/mol. The summed E-state index contributed by atoms with van der Waals surface area (Å²) in [6.07, 6.45) is 0. The van der Waals surface area contributed by atoms with Crippen LogP contribution in [0.5, 0.6) is 0 Å². The van der Waals surface area contributed by atoms with Crippen molar-refractivity contribution in [3.8, 4) is 0 Å². The number of carboxylic acids is 1. The zero-order valence-corrected chi connectivity index (χ0v) is 14.8. The third-order valence-electron chi connectivity index (χ3n) is 3.63. The number of carboxylic acid groups (broad SMARTS) is 1. The summed E-state index contributed by atoms with van der Waals surface area (Å²) in [4.78, 5) is 22.9. The number of nitrogens with one attached hydrogen (secondary N) is 1. The SMILES string of the molecule is NC(CNS(=O)(=O)c1ccccc1F)(C(=O)O)C(=O)OCc1ccccc1. The van der Waals surface area contributed by atoms with Crippen molar-refractivity contribution in [3.63, 3.8) is 0 Å². The maximum absolute atomic E-state index is 13.7. The molecule has 1 unspecified atom stereocenters. The highest BCUT2D eigenvalue weighted by Crippen LogP contribution is 2.14. The van der Waals surface area contributed by atoms with Gasteiger partial charge in [-0.25, -0.2) is 27.1 Å². The van der Waals surface area contributed by atoms with Crippen LogP contribution >= 0.6 is 0 Å². The van der Waals surface area contributed by atoms with Crippen molar-refractivity contribution < 1.29 is 32.2 Å². The molecular formula is C17H17FN2O6S. The molecule has 0 saturated carbocycles. The van der Waals surface area contributed by atoms with Gasteiger partial charge < -0.3 is 15.6 Å². The first kappa shape index (κ1) is 20.5. The fourth-order valence-corrected chi connectivity index (χ4v) is 3.19. The Morgan fingerprint density at radius 2 is 1.70 bits per heavy atom. The van der Waals surface area contributed by atoms with Crippen molar-refractivity contribution in [1.82, 2.24) is 4.72 Å². The summed E-state index contributed by atoms with van der Waals surface area (Å²) in [5.41, 5.74) is 3.48. The molecule has 0 aromatic heterocycles. The number of esters is 1. The van der Waals surface area contributed by atoms with Gasteiger partial charge in [-0.05, 0) is 17.7 Å². The third kappa shape index (κ3) is 4.88. The van der Waals surface area contributed by atoms with Gasteiger partial charge in [-0.1, -0.05) is 42.5 Å². The Morgan fingerprint density at radius 3 is 2.30 bits per heavy atom. The van der Waals surface area contributed by atoms with Gasteiger partial charge in [-0.2, -0.15) is 0 Å². The standard InChI is InChI=1S/C17H17FN2O6S/c18-13-8-4-5-9-14(13)27(24,25)20-11-17(19,15(21)22)16(23)26-10-12-6-2-1-3-7-12/h1-9,20H,10-11,19H2,(H,21,22). The highest BCUT2D eigenvalue weighted by atomic mass is 32.2. The number of carbonyl (C=O) groups excluding carboxylic acids is 1. The number of ether oxygens (including phenoxy) is 1. The number of hydrogen-bond acceptors (Lipinski definition) is 6. The molecule has 1 atom stereocenters. The van der Waals surface area contributed by atoms with E-state index in [2.05, 4.69) is 0 Å². The summed E-state index contributed by atoms with van der Waals surface area (Å²) < 4.78 is 44.8. The summed E-state index contributed by atoms with van der Waals surface area (Å²) in [6.45, 7) is -1.27. The largest absolute Gasteiger partial charge is 0.479 e. The minimum atomic E-state index is -4.43. The molecule has 0 aliphatic heterocycles. The van der Waals surface area contributed by atoms with E-state index in [4.69, 9.17) is 10.5 Å². The van der Waals surface area contributed by atoms with E-state index in [-0.39, 0.29) is 6.61 Å². The molecule has 0 radical (unpaired) electrons. The van der Waals surface area contributed by atoms with Crippen LogP contribution in [0.15, 0.2) is 59.5 Å². The monoisotopic (exact) mass is 396 g/mol. The number of nitrogens with two attached hydrogens (primary N) is 1. The first-order valence-corrected chi connectivity index (χ1v) is 9.13. The number of benzene rings is 2. The number of rotatable bonds is 8. The Hall–Kier alpha value is -2.82. The first-order chi connectivity index (χ1) is 12.7. The van der Waals surface area contributed by atoms with Crippen molar-refractivity contribution in [1.29, 1.82) is 0 Å². The number of aliphatic carboxylic acids is 1. The summed E-state index contributed by atoms with van der Waals surface area (Å²) in [5.74, 6) is -4.17. The van der Waals surface area contributed by atoms with Gasteiger partial charge in [0.15, 0.2) is 0 Å². The Kier molecular flexibility index (Phi) is 6.26. The molecule has 0 bridgehead atoms. The number of halogens is 1. The van der Waals surface area contributed by atoms with Gasteiger partial charge in [0.1, 0.15) is 17.3 Å². The molecule has 2 rings (SSSR count). The van der Waals surface area contributed by atoms with E-state index in [1.165, 1.54) is 12.1 Å². The lowest BCUT2D eigenvalue weighted by atomic mass is 10.0. The summed E-state index contributed by atoms with van der Waals surface area (Å²) in [6, 6.07) is 12.9. The minimum absolute atomic E-state index is 0.244. The summed E-state index contributed by atoms with van der Waals surface area (Å²) >= 11 is 0. The molecule has 0 fully saturated rings. The molecular weight excluding hydrogens is 379 g/mol. The normalized spacial score (nSPS) is 13.6. The van der Waals surface area contributed by atoms with E-state index in [9.17, 15) is 27.5 Å². The lowest BCUT2D eigenvalue weighted by Gasteiger charge is -2.23. The van der Waals surface area contributed by atoms with Gasteiger partial charge in [-0.3, -0.25) is 0 Å². The second-order valence-electron chi connectivity index (χ2n) is 5.59. The quantitative estimate of drug-likeness (QED) is 0.440. The smallest absolute Gasteiger partial charge is 0.339 e. The molecule has 4 N–H and O–H groups in total. The number of hydrogen-bond donors (Lipinski definition) is 3. The van der Waals surface area contributed by atoms with E-state index in [0.29, 0.717) is 5.56 Å². The second kappa shape index (κ2) is 8.25. The summed E-state index contributed by atoms with van der Waals surface area (Å²) in [7, 11) is -4.43. The molecule has 10 heteroatoms. The van der Waals surface area contributed by atoms with E-state index >= 15 is 0 Å². The maximum Gasteiger partial charge on any atom is 0.339 e. The van der Waals surface area contributed by atoms with Gasteiger partial charge in [-0.15, -0.1) is 0 Å². The van der Waals surface area contributed by atoms with Crippen LogP contribution in [0.1, 0.15) is 5.56 Å². The highest BCUT2D eigenvalue weighted by molar-refractivity contribution is 7.89. The third-order valence-corrected chi connectivity index (χ3v) is 5.06. The minimum Gasteiger partial charge on any atom is -0.479 e. The summed E-state index contributed by atoms with van der Waals surface area (Å²) in [5, 5.41) is 9.29. The van der Waals surface area contributed by atoms with Crippen LogP contribution in [0.2, 0.25) is 0 Å². The predicted molar refractivity (Wildman–Crippen MR) is 92.4 cm³/mol. The maximum atomic E-state index is 13.7.